The van der Waals surface area contributed by atoms with Crippen LogP contribution in [0.4, 0.5) is 0 Å². The van der Waals surface area contributed by atoms with Gasteiger partial charge in [-0.2, -0.15) is 0 Å². The van der Waals surface area contributed by atoms with Gasteiger partial charge in [0.05, 0.1) is 0 Å². The number of hydrogen-bond donors (Lipinski definition) is 1. The largest absolute Gasteiger partial charge is 0.364 e. The van der Waals surface area contributed by atoms with Crippen molar-refractivity contribution in [2.75, 3.05) is 6.54 Å². The first-order valence-corrected chi connectivity index (χ1v) is 7.05. The Labute approximate surface area is 124 Å². The molecule has 0 saturated carbocycles. The highest BCUT2D eigenvalue weighted by Gasteiger charge is 2.17. The molecule has 1 N–H and O–H groups in total. The fraction of sp³-hybridized carbons (Fsp3) is 0.294. The molecule has 0 bridgehead atoms. The molecule has 4 nitrogen and oxygen atoms in total. The molecule has 1 aromatic carbocycles. The number of aromatic amines is 1. The van der Waals surface area contributed by atoms with Gasteiger partial charge >= 0.3 is 0 Å². The molecule has 0 spiro atoms. The van der Waals surface area contributed by atoms with Crippen molar-refractivity contribution >= 4 is 5.91 Å². The molecule has 0 aliphatic heterocycles. The summed E-state index contributed by atoms with van der Waals surface area (Å²) in [6.07, 6.45) is 1.50. The second-order valence-electron chi connectivity index (χ2n) is 5.20. The van der Waals surface area contributed by atoms with Crippen LogP contribution in [0.2, 0.25) is 0 Å². The number of hydrogen-bond acceptors (Lipinski definition) is 2. The van der Waals surface area contributed by atoms with Crippen LogP contribution in [-0.2, 0) is 6.54 Å². The lowest BCUT2D eigenvalue weighted by atomic mass is 10.1. The summed E-state index contributed by atoms with van der Waals surface area (Å²) in [4.78, 5) is 29.0. The smallest absolute Gasteiger partial charge is 0.259 e. The highest BCUT2D eigenvalue weighted by Crippen LogP contribution is 2.10. The van der Waals surface area contributed by atoms with E-state index in [0.717, 1.165) is 16.8 Å². The second-order valence-corrected chi connectivity index (χ2v) is 5.20. The van der Waals surface area contributed by atoms with Crippen molar-refractivity contribution in [2.24, 2.45) is 0 Å². The van der Waals surface area contributed by atoms with Gasteiger partial charge in [-0.1, -0.05) is 29.8 Å². The summed E-state index contributed by atoms with van der Waals surface area (Å²) in [5, 5.41) is 0. The van der Waals surface area contributed by atoms with E-state index in [1.165, 1.54) is 12.3 Å². The van der Waals surface area contributed by atoms with Crippen LogP contribution >= 0.6 is 0 Å². The molecule has 0 atom stereocenters. The molecule has 21 heavy (non-hydrogen) atoms. The molecule has 1 amide bonds. The first-order valence-electron chi connectivity index (χ1n) is 7.05. The molecule has 4 heteroatoms. The number of amides is 1. The number of nitrogens with one attached hydrogen (secondary N) is 1. The Hall–Kier alpha value is -2.36. The quantitative estimate of drug-likeness (QED) is 0.938. The van der Waals surface area contributed by atoms with E-state index in [1.54, 1.807) is 11.8 Å². The Bertz CT molecular complexity index is 704. The van der Waals surface area contributed by atoms with E-state index in [-0.39, 0.29) is 16.9 Å². The summed E-state index contributed by atoms with van der Waals surface area (Å²) < 4.78 is 0. The highest BCUT2D eigenvalue weighted by atomic mass is 16.2. The van der Waals surface area contributed by atoms with Gasteiger partial charge in [-0.15, -0.1) is 0 Å². The van der Waals surface area contributed by atoms with Crippen LogP contribution in [0.25, 0.3) is 0 Å². The predicted molar refractivity (Wildman–Crippen MR) is 83.4 cm³/mol. The van der Waals surface area contributed by atoms with Gasteiger partial charge in [-0.3, -0.25) is 9.59 Å². The van der Waals surface area contributed by atoms with Crippen molar-refractivity contribution in [1.82, 2.24) is 9.88 Å². The van der Waals surface area contributed by atoms with Gasteiger partial charge < -0.3 is 9.88 Å². The van der Waals surface area contributed by atoms with Crippen LogP contribution in [0.15, 0.2) is 41.3 Å². The van der Waals surface area contributed by atoms with Gasteiger partial charge in [0.15, 0.2) is 5.43 Å². The first kappa shape index (κ1) is 15.0. The van der Waals surface area contributed by atoms with Crippen molar-refractivity contribution in [2.45, 2.75) is 27.3 Å². The summed E-state index contributed by atoms with van der Waals surface area (Å²) in [7, 11) is 0. The van der Waals surface area contributed by atoms with Crippen molar-refractivity contribution in [3.05, 3.63) is 69.1 Å². The number of aromatic nitrogens is 1. The highest BCUT2D eigenvalue weighted by molar-refractivity contribution is 5.93. The van der Waals surface area contributed by atoms with Crippen LogP contribution in [0.3, 0.4) is 0 Å². The summed E-state index contributed by atoms with van der Waals surface area (Å²) in [6.45, 7) is 6.78. The molecule has 2 rings (SSSR count). The van der Waals surface area contributed by atoms with Crippen LogP contribution in [0, 0.1) is 13.8 Å². The fourth-order valence-electron chi connectivity index (χ4n) is 2.27. The zero-order chi connectivity index (χ0) is 15.4. The standard InChI is InChI=1S/C17H20N2O2/c1-4-19(11-14-7-5-6-12(2)8-14)17(21)15-10-18-13(3)9-16(15)20/h5-10H,4,11H2,1-3H3,(H,18,20). The van der Waals surface area contributed by atoms with Crippen molar-refractivity contribution in [1.29, 1.82) is 0 Å². The lowest BCUT2D eigenvalue weighted by Crippen LogP contribution is -2.33. The molecule has 0 saturated heterocycles. The number of carbonyl (C=O) groups excluding carboxylic acids is 1. The summed E-state index contributed by atoms with van der Waals surface area (Å²) >= 11 is 0. The van der Waals surface area contributed by atoms with Crippen LogP contribution < -0.4 is 5.43 Å². The Morgan fingerprint density at radius 3 is 2.62 bits per heavy atom. The van der Waals surface area contributed by atoms with E-state index in [4.69, 9.17) is 0 Å². The lowest BCUT2D eigenvalue weighted by molar-refractivity contribution is 0.0751. The third kappa shape index (κ3) is 3.60. The number of nitrogens with zero attached hydrogens (tertiary/aromatic N) is 1. The molecule has 1 aromatic heterocycles. The Morgan fingerprint density at radius 2 is 2.00 bits per heavy atom. The van der Waals surface area contributed by atoms with Crippen LogP contribution in [-0.4, -0.2) is 22.3 Å². The summed E-state index contributed by atoms with van der Waals surface area (Å²) in [5.74, 6) is -0.236. The summed E-state index contributed by atoms with van der Waals surface area (Å²) in [5.41, 5.74) is 2.92. The van der Waals surface area contributed by atoms with Gasteiger partial charge in [0.25, 0.3) is 5.91 Å². The molecule has 0 aliphatic rings. The van der Waals surface area contributed by atoms with Crippen LogP contribution in [0.1, 0.15) is 34.1 Å². The van der Waals surface area contributed by atoms with E-state index in [0.29, 0.717) is 13.1 Å². The van der Waals surface area contributed by atoms with Gasteiger partial charge in [0, 0.05) is 31.0 Å². The maximum Gasteiger partial charge on any atom is 0.259 e. The Balaban J connectivity index is 2.24. The maximum atomic E-state index is 12.5. The Kier molecular flexibility index (Phi) is 4.58. The SMILES string of the molecule is CCN(Cc1cccc(C)c1)C(=O)c1c[nH]c(C)cc1=O. The second kappa shape index (κ2) is 6.39. The minimum absolute atomic E-state index is 0.190. The summed E-state index contributed by atoms with van der Waals surface area (Å²) in [6, 6.07) is 9.49. The van der Waals surface area contributed by atoms with E-state index in [2.05, 4.69) is 11.1 Å². The monoisotopic (exact) mass is 284 g/mol. The van der Waals surface area contributed by atoms with E-state index in [9.17, 15) is 9.59 Å². The third-order valence-electron chi connectivity index (χ3n) is 3.41. The predicted octanol–water partition coefficient (Wildman–Crippen LogP) is 2.65. The van der Waals surface area contributed by atoms with Crippen LogP contribution in [0.5, 0.6) is 0 Å². The molecule has 1 heterocycles. The van der Waals surface area contributed by atoms with Gasteiger partial charge in [0.2, 0.25) is 0 Å². The molecular weight excluding hydrogens is 264 g/mol. The number of carbonyl (C=O) groups is 1. The zero-order valence-electron chi connectivity index (χ0n) is 12.6. The number of pyridine rings is 1. The number of aryl methyl sites for hydroxylation is 2. The molecule has 0 fully saturated rings. The number of rotatable bonds is 4. The minimum Gasteiger partial charge on any atom is -0.364 e. The average Bonchev–Trinajstić information content (AvgIpc) is 2.44. The van der Waals surface area contributed by atoms with E-state index < -0.39 is 0 Å². The number of benzene rings is 1. The van der Waals surface area contributed by atoms with Gasteiger partial charge in [0.1, 0.15) is 5.56 Å². The van der Waals surface area contributed by atoms with Crippen molar-refractivity contribution in [3.63, 3.8) is 0 Å². The van der Waals surface area contributed by atoms with Gasteiger partial charge in [-0.05, 0) is 26.3 Å². The van der Waals surface area contributed by atoms with E-state index in [1.807, 2.05) is 32.0 Å². The molecule has 0 radical (unpaired) electrons. The molecule has 0 aliphatic carbocycles. The molecule has 0 unspecified atom stereocenters. The normalized spacial score (nSPS) is 10.4. The maximum absolute atomic E-state index is 12.5. The topological polar surface area (TPSA) is 53.2 Å². The van der Waals surface area contributed by atoms with Crippen molar-refractivity contribution in [3.8, 4) is 0 Å². The fourth-order valence-corrected chi connectivity index (χ4v) is 2.27. The lowest BCUT2D eigenvalue weighted by Gasteiger charge is -2.21. The first-order chi connectivity index (χ1) is 10.0. The zero-order valence-corrected chi connectivity index (χ0v) is 12.6. The van der Waals surface area contributed by atoms with E-state index >= 15 is 0 Å². The third-order valence-corrected chi connectivity index (χ3v) is 3.41. The average molecular weight is 284 g/mol. The molecule has 110 valence electrons. The minimum atomic E-state index is -0.237. The van der Waals surface area contributed by atoms with Crippen molar-refractivity contribution < 1.29 is 4.79 Å². The molecule has 2 aromatic rings. The number of H-pyrrole nitrogens is 1. The van der Waals surface area contributed by atoms with Gasteiger partial charge in [-0.25, -0.2) is 0 Å². The molecular formula is C17H20N2O2. The Morgan fingerprint density at radius 1 is 1.24 bits per heavy atom.